The number of hydrogen-bond donors (Lipinski definition) is 1. The molecule has 0 aliphatic heterocycles. The number of ether oxygens (including phenoxy) is 1. The largest absolute Gasteiger partial charge is 0.382 e. The van der Waals surface area contributed by atoms with E-state index in [1.165, 1.54) is 6.42 Å². The van der Waals surface area contributed by atoms with E-state index in [0.29, 0.717) is 18.0 Å². The van der Waals surface area contributed by atoms with Crippen molar-refractivity contribution in [3.8, 4) is 0 Å². The maximum absolute atomic E-state index is 5.99. The number of para-hydroxylation sites is 1. The van der Waals surface area contributed by atoms with Gasteiger partial charge in [-0.2, -0.15) is 5.10 Å². The molecule has 2 N–H and O–H groups in total. The van der Waals surface area contributed by atoms with Gasteiger partial charge in [0.25, 0.3) is 0 Å². The molecule has 1 saturated carbocycles. The van der Waals surface area contributed by atoms with Crippen molar-refractivity contribution >= 4 is 16.7 Å². The number of rotatable bonds is 2. The fourth-order valence-corrected chi connectivity index (χ4v) is 2.95. The number of nitrogens with zero attached hydrogens (tertiary/aromatic N) is 2. The van der Waals surface area contributed by atoms with Gasteiger partial charge in [0.05, 0.1) is 17.7 Å². The SMILES string of the molecule is COC1CCCC(n2nc(N)c3ccccc32)C1. The minimum atomic E-state index is 0.355. The van der Waals surface area contributed by atoms with E-state index in [2.05, 4.69) is 15.8 Å². The summed E-state index contributed by atoms with van der Waals surface area (Å²) >= 11 is 0. The van der Waals surface area contributed by atoms with Crippen molar-refractivity contribution in [3.63, 3.8) is 0 Å². The Morgan fingerprint density at radius 1 is 1.33 bits per heavy atom. The van der Waals surface area contributed by atoms with Crippen LogP contribution in [-0.2, 0) is 4.74 Å². The molecular weight excluding hydrogens is 226 g/mol. The van der Waals surface area contributed by atoms with Crippen molar-refractivity contribution < 1.29 is 4.74 Å². The van der Waals surface area contributed by atoms with Crippen LogP contribution in [-0.4, -0.2) is 23.0 Å². The molecule has 1 aliphatic rings. The van der Waals surface area contributed by atoms with Crippen LogP contribution < -0.4 is 5.73 Å². The average Bonchev–Trinajstić information content (AvgIpc) is 2.77. The van der Waals surface area contributed by atoms with E-state index in [1.807, 2.05) is 18.2 Å². The summed E-state index contributed by atoms with van der Waals surface area (Å²) in [5.74, 6) is 0.630. The van der Waals surface area contributed by atoms with Crippen LogP contribution in [0.25, 0.3) is 10.9 Å². The van der Waals surface area contributed by atoms with E-state index in [0.717, 1.165) is 30.2 Å². The third-order valence-corrected chi connectivity index (χ3v) is 3.92. The van der Waals surface area contributed by atoms with Crippen molar-refractivity contribution in [1.29, 1.82) is 0 Å². The summed E-state index contributed by atoms with van der Waals surface area (Å²) in [4.78, 5) is 0. The van der Waals surface area contributed by atoms with Crippen molar-refractivity contribution in [2.24, 2.45) is 0 Å². The van der Waals surface area contributed by atoms with Gasteiger partial charge in [-0.1, -0.05) is 12.1 Å². The number of nitrogen functional groups attached to an aromatic ring is 1. The lowest BCUT2D eigenvalue weighted by Gasteiger charge is -2.28. The van der Waals surface area contributed by atoms with Crippen molar-refractivity contribution in [2.45, 2.75) is 37.8 Å². The number of aromatic nitrogens is 2. The van der Waals surface area contributed by atoms with Crippen LogP contribution in [0.1, 0.15) is 31.7 Å². The molecule has 0 saturated heterocycles. The van der Waals surface area contributed by atoms with E-state index >= 15 is 0 Å². The van der Waals surface area contributed by atoms with Crippen LogP contribution >= 0.6 is 0 Å². The number of fused-ring (bicyclic) bond motifs is 1. The fraction of sp³-hybridized carbons (Fsp3) is 0.500. The van der Waals surface area contributed by atoms with Gasteiger partial charge < -0.3 is 10.5 Å². The molecule has 96 valence electrons. The molecule has 0 spiro atoms. The van der Waals surface area contributed by atoms with E-state index in [4.69, 9.17) is 10.5 Å². The molecule has 2 atom stereocenters. The number of methoxy groups -OCH3 is 1. The monoisotopic (exact) mass is 245 g/mol. The lowest BCUT2D eigenvalue weighted by Crippen LogP contribution is -2.24. The molecule has 1 aromatic carbocycles. The Morgan fingerprint density at radius 3 is 3.00 bits per heavy atom. The van der Waals surface area contributed by atoms with Crippen LogP contribution in [0.2, 0.25) is 0 Å². The molecule has 18 heavy (non-hydrogen) atoms. The topological polar surface area (TPSA) is 53.1 Å². The highest BCUT2D eigenvalue weighted by atomic mass is 16.5. The summed E-state index contributed by atoms with van der Waals surface area (Å²) in [5.41, 5.74) is 7.12. The molecule has 0 bridgehead atoms. The molecule has 4 nitrogen and oxygen atoms in total. The lowest BCUT2D eigenvalue weighted by atomic mass is 9.93. The highest BCUT2D eigenvalue weighted by Gasteiger charge is 2.25. The summed E-state index contributed by atoms with van der Waals surface area (Å²) < 4.78 is 7.58. The standard InChI is InChI=1S/C14H19N3O/c1-18-11-6-4-5-10(9-11)17-13-8-3-2-7-12(13)14(15)16-17/h2-3,7-8,10-11H,4-6,9H2,1H3,(H2,15,16). The summed E-state index contributed by atoms with van der Waals surface area (Å²) in [6.07, 6.45) is 4.89. The van der Waals surface area contributed by atoms with Crippen LogP contribution in [0.4, 0.5) is 5.82 Å². The highest BCUT2D eigenvalue weighted by molar-refractivity contribution is 5.89. The van der Waals surface area contributed by atoms with Gasteiger partial charge >= 0.3 is 0 Å². The molecule has 1 aromatic heterocycles. The van der Waals surface area contributed by atoms with Crippen LogP contribution in [0.5, 0.6) is 0 Å². The third-order valence-electron chi connectivity index (χ3n) is 3.92. The van der Waals surface area contributed by atoms with Gasteiger partial charge in [0.15, 0.2) is 5.82 Å². The van der Waals surface area contributed by atoms with E-state index in [1.54, 1.807) is 7.11 Å². The molecule has 1 aliphatic carbocycles. The van der Waals surface area contributed by atoms with Crippen molar-refractivity contribution in [3.05, 3.63) is 24.3 Å². The molecule has 0 radical (unpaired) electrons. The van der Waals surface area contributed by atoms with Crippen LogP contribution in [0, 0.1) is 0 Å². The van der Waals surface area contributed by atoms with E-state index in [-0.39, 0.29) is 0 Å². The Labute approximate surface area is 107 Å². The lowest BCUT2D eigenvalue weighted by molar-refractivity contribution is 0.0517. The number of nitrogens with two attached hydrogens (primary N) is 1. The molecule has 0 amide bonds. The predicted molar refractivity (Wildman–Crippen MR) is 72.4 cm³/mol. The maximum atomic E-state index is 5.99. The minimum Gasteiger partial charge on any atom is -0.382 e. The van der Waals surface area contributed by atoms with Crippen LogP contribution in [0.3, 0.4) is 0 Å². The summed E-state index contributed by atoms with van der Waals surface area (Å²) in [6.45, 7) is 0. The normalized spacial score (nSPS) is 24.5. The Kier molecular flexibility index (Phi) is 2.96. The van der Waals surface area contributed by atoms with Crippen LogP contribution in [0.15, 0.2) is 24.3 Å². The molecule has 1 fully saturated rings. The third kappa shape index (κ3) is 1.86. The Bertz CT molecular complexity index is 549. The first kappa shape index (κ1) is 11.5. The molecule has 3 rings (SSSR count). The molecule has 1 heterocycles. The summed E-state index contributed by atoms with van der Waals surface area (Å²) in [7, 11) is 1.79. The van der Waals surface area contributed by atoms with Gasteiger partial charge in [-0.05, 0) is 37.8 Å². The second-order valence-electron chi connectivity index (χ2n) is 5.03. The van der Waals surface area contributed by atoms with E-state index in [9.17, 15) is 0 Å². The molecule has 2 unspecified atom stereocenters. The summed E-state index contributed by atoms with van der Waals surface area (Å²) in [5, 5.41) is 5.57. The number of hydrogen-bond acceptors (Lipinski definition) is 3. The first-order valence-electron chi connectivity index (χ1n) is 6.55. The predicted octanol–water partition coefficient (Wildman–Crippen LogP) is 2.75. The van der Waals surface area contributed by atoms with Gasteiger partial charge in [-0.3, -0.25) is 4.68 Å². The van der Waals surface area contributed by atoms with Gasteiger partial charge in [-0.15, -0.1) is 0 Å². The quantitative estimate of drug-likeness (QED) is 0.885. The fourth-order valence-electron chi connectivity index (χ4n) is 2.95. The molecule has 4 heteroatoms. The first-order valence-corrected chi connectivity index (χ1v) is 6.55. The Hall–Kier alpha value is -1.55. The van der Waals surface area contributed by atoms with E-state index < -0.39 is 0 Å². The first-order chi connectivity index (χ1) is 8.79. The minimum absolute atomic E-state index is 0.355. The van der Waals surface area contributed by atoms with Gasteiger partial charge in [0, 0.05) is 12.5 Å². The number of anilines is 1. The second-order valence-corrected chi connectivity index (χ2v) is 5.03. The highest BCUT2D eigenvalue weighted by Crippen LogP contribution is 2.33. The zero-order valence-corrected chi connectivity index (χ0v) is 10.7. The molecular formula is C14H19N3O. The van der Waals surface area contributed by atoms with Gasteiger partial charge in [0.1, 0.15) is 0 Å². The Balaban J connectivity index is 1.98. The zero-order valence-electron chi connectivity index (χ0n) is 10.7. The van der Waals surface area contributed by atoms with Gasteiger partial charge in [-0.25, -0.2) is 0 Å². The smallest absolute Gasteiger partial charge is 0.153 e. The molecule has 2 aromatic rings. The van der Waals surface area contributed by atoms with Crippen molar-refractivity contribution in [2.75, 3.05) is 12.8 Å². The maximum Gasteiger partial charge on any atom is 0.153 e. The summed E-state index contributed by atoms with van der Waals surface area (Å²) in [6, 6.07) is 8.57. The van der Waals surface area contributed by atoms with Crippen molar-refractivity contribution in [1.82, 2.24) is 9.78 Å². The number of benzene rings is 1. The Morgan fingerprint density at radius 2 is 2.17 bits per heavy atom. The second kappa shape index (κ2) is 4.61. The average molecular weight is 245 g/mol. The van der Waals surface area contributed by atoms with Gasteiger partial charge in [0.2, 0.25) is 0 Å². The zero-order chi connectivity index (χ0) is 12.5.